The Hall–Kier alpha value is -1.07. The van der Waals surface area contributed by atoms with Crippen molar-refractivity contribution in [2.24, 2.45) is 0 Å². The molecule has 1 fully saturated rings. The number of hydrogen-bond acceptors (Lipinski definition) is 3. The third-order valence-corrected chi connectivity index (χ3v) is 4.38. The fourth-order valence-electron chi connectivity index (χ4n) is 2.60. The van der Waals surface area contributed by atoms with Crippen LogP contribution in [-0.4, -0.2) is 35.1 Å². The predicted molar refractivity (Wildman–Crippen MR) is 78.9 cm³/mol. The van der Waals surface area contributed by atoms with Crippen LogP contribution < -0.4 is 5.73 Å². The van der Waals surface area contributed by atoms with Crippen molar-refractivity contribution in [2.75, 3.05) is 19.3 Å². The molecule has 104 valence electrons. The van der Waals surface area contributed by atoms with Crippen molar-refractivity contribution in [3.05, 3.63) is 28.2 Å². The van der Waals surface area contributed by atoms with E-state index >= 15 is 0 Å². The molecule has 0 spiro atoms. The van der Waals surface area contributed by atoms with Crippen LogP contribution >= 0.6 is 15.9 Å². The molecule has 0 radical (unpaired) electrons. The lowest BCUT2D eigenvalue weighted by molar-refractivity contribution is 0.0157. The molecule has 0 unspecified atom stereocenters. The Balaban J connectivity index is 2.08. The van der Waals surface area contributed by atoms with E-state index in [1.54, 1.807) is 30.1 Å². The molecule has 1 aliphatic rings. The maximum Gasteiger partial charge on any atom is 0.253 e. The Bertz CT molecular complexity index is 484. The van der Waals surface area contributed by atoms with Gasteiger partial charge in [0, 0.05) is 29.3 Å². The number of nitrogens with two attached hydrogens (primary N) is 1. The van der Waals surface area contributed by atoms with Gasteiger partial charge in [0.2, 0.25) is 0 Å². The Labute approximate surface area is 121 Å². The van der Waals surface area contributed by atoms with Gasteiger partial charge in [-0.25, -0.2) is 0 Å². The molecule has 0 atom stereocenters. The summed E-state index contributed by atoms with van der Waals surface area (Å²) in [5.74, 6) is -0.112. The summed E-state index contributed by atoms with van der Waals surface area (Å²) in [6.07, 6.45) is 3.60. The quantitative estimate of drug-likeness (QED) is 0.838. The van der Waals surface area contributed by atoms with Gasteiger partial charge in [-0.1, -0.05) is 12.8 Å². The number of carbonyl (C=O) groups excluding carboxylic acids is 1. The van der Waals surface area contributed by atoms with Crippen molar-refractivity contribution in [1.29, 1.82) is 0 Å². The summed E-state index contributed by atoms with van der Waals surface area (Å²) in [5.41, 5.74) is 6.15. The van der Waals surface area contributed by atoms with Gasteiger partial charge in [-0.2, -0.15) is 0 Å². The fourth-order valence-corrected chi connectivity index (χ4v) is 2.85. The normalized spacial score (nSPS) is 17.4. The molecule has 0 saturated heterocycles. The minimum absolute atomic E-state index is 0.112. The minimum Gasteiger partial charge on any atom is -0.398 e. The highest BCUT2D eigenvalue weighted by molar-refractivity contribution is 9.10. The van der Waals surface area contributed by atoms with Crippen LogP contribution in [0.15, 0.2) is 22.7 Å². The lowest BCUT2D eigenvalue weighted by Crippen LogP contribution is -2.42. The Morgan fingerprint density at radius 1 is 1.47 bits per heavy atom. The van der Waals surface area contributed by atoms with Gasteiger partial charge >= 0.3 is 0 Å². The summed E-state index contributed by atoms with van der Waals surface area (Å²) in [6.45, 7) is 0.377. The summed E-state index contributed by atoms with van der Waals surface area (Å²) in [7, 11) is 1.72. The molecular weight excluding hydrogens is 308 g/mol. The Kier molecular flexibility index (Phi) is 4.16. The van der Waals surface area contributed by atoms with E-state index in [1.807, 2.05) is 0 Å². The van der Waals surface area contributed by atoms with Crippen LogP contribution in [0.5, 0.6) is 0 Å². The van der Waals surface area contributed by atoms with Crippen molar-refractivity contribution >= 4 is 27.5 Å². The van der Waals surface area contributed by atoms with Crippen LogP contribution in [-0.2, 0) is 0 Å². The Morgan fingerprint density at radius 3 is 2.68 bits per heavy atom. The maximum absolute atomic E-state index is 12.3. The van der Waals surface area contributed by atoms with Gasteiger partial charge in [-0.3, -0.25) is 4.79 Å². The number of amides is 1. The molecule has 5 heteroatoms. The van der Waals surface area contributed by atoms with E-state index in [0.29, 0.717) is 17.8 Å². The zero-order chi connectivity index (χ0) is 14.0. The summed E-state index contributed by atoms with van der Waals surface area (Å²) in [4.78, 5) is 13.9. The summed E-state index contributed by atoms with van der Waals surface area (Å²) in [6, 6.07) is 5.15. The van der Waals surface area contributed by atoms with Gasteiger partial charge < -0.3 is 15.7 Å². The number of hydrogen-bond donors (Lipinski definition) is 2. The number of aliphatic hydroxyl groups is 1. The van der Waals surface area contributed by atoms with Gasteiger partial charge in [0.1, 0.15) is 0 Å². The SMILES string of the molecule is CN(CC1(O)CCCC1)C(=O)c1ccc(Br)c(N)c1. The maximum atomic E-state index is 12.3. The molecular formula is C14H19BrN2O2. The van der Waals surface area contributed by atoms with E-state index in [4.69, 9.17) is 5.73 Å². The standard InChI is InChI=1S/C14H19BrN2O2/c1-17(9-14(19)6-2-3-7-14)13(18)10-4-5-11(15)12(16)8-10/h4-5,8,19H,2-3,6-7,9,16H2,1H3. The number of nitrogen functional groups attached to an aromatic ring is 1. The van der Waals surface area contributed by atoms with Crippen LogP contribution in [0.2, 0.25) is 0 Å². The second-order valence-corrected chi connectivity index (χ2v) is 6.18. The first kappa shape index (κ1) is 14.3. The topological polar surface area (TPSA) is 66.6 Å². The monoisotopic (exact) mass is 326 g/mol. The number of halogens is 1. The summed E-state index contributed by atoms with van der Waals surface area (Å²) < 4.78 is 0.779. The average molecular weight is 327 g/mol. The van der Waals surface area contributed by atoms with Gasteiger partial charge in [-0.05, 0) is 47.0 Å². The van der Waals surface area contributed by atoms with E-state index in [-0.39, 0.29) is 5.91 Å². The largest absolute Gasteiger partial charge is 0.398 e. The van der Waals surface area contributed by atoms with Crippen molar-refractivity contribution in [2.45, 2.75) is 31.3 Å². The van der Waals surface area contributed by atoms with Crippen molar-refractivity contribution in [3.63, 3.8) is 0 Å². The molecule has 1 aromatic carbocycles. The third-order valence-electron chi connectivity index (χ3n) is 3.66. The first-order valence-electron chi connectivity index (χ1n) is 6.44. The van der Waals surface area contributed by atoms with Crippen molar-refractivity contribution in [3.8, 4) is 0 Å². The molecule has 1 aromatic rings. The molecule has 3 N–H and O–H groups in total. The highest BCUT2D eigenvalue weighted by Crippen LogP contribution is 2.30. The number of nitrogens with zero attached hydrogens (tertiary/aromatic N) is 1. The molecule has 0 aliphatic heterocycles. The van der Waals surface area contributed by atoms with E-state index in [2.05, 4.69) is 15.9 Å². The van der Waals surface area contributed by atoms with Gasteiger partial charge in [0.15, 0.2) is 0 Å². The van der Waals surface area contributed by atoms with Crippen molar-refractivity contribution in [1.82, 2.24) is 4.90 Å². The second-order valence-electron chi connectivity index (χ2n) is 5.33. The fraction of sp³-hybridized carbons (Fsp3) is 0.500. The molecule has 1 aliphatic carbocycles. The smallest absolute Gasteiger partial charge is 0.253 e. The number of rotatable bonds is 3. The van der Waals surface area contributed by atoms with Crippen LogP contribution in [0.25, 0.3) is 0 Å². The molecule has 0 bridgehead atoms. The lowest BCUT2D eigenvalue weighted by atomic mass is 10.0. The first-order chi connectivity index (χ1) is 8.91. The van der Waals surface area contributed by atoms with Gasteiger partial charge in [0.25, 0.3) is 5.91 Å². The average Bonchev–Trinajstić information content (AvgIpc) is 2.78. The molecule has 19 heavy (non-hydrogen) atoms. The van der Waals surface area contributed by atoms with Crippen LogP contribution in [0.3, 0.4) is 0 Å². The summed E-state index contributed by atoms with van der Waals surface area (Å²) in [5, 5.41) is 10.3. The van der Waals surface area contributed by atoms with E-state index in [9.17, 15) is 9.90 Å². The summed E-state index contributed by atoms with van der Waals surface area (Å²) >= 11 is 3.31. The number of likely N-dealkylation sites (N-methyl/N-ethyl adjacent to an activating group) is 1. The van der Waals surface area contributed by atoms with Crippen LogP contribution in [0.1, 0.15) is 36.0 Å². The molecule has 4 nitrogen and oxygen atoms in total. The molecule has 0 aromatic heterocycles. The van der Waals surface area contributed by atoms with Gasteiger partial charge in [0.05, 0.1) is 5.60 Å². The molecule has 2 rings (SSSR count). The molecule has 1 amide bonds. The number of benzene rings is 1. The predicted octanol–water partition coefficient (Wildman–Crippen LogP) is 2.41. The highest BCUT2D eigenvalue weighted by atomic mass is 79.9. The van der Waals surface area contributed by atoms with Crippen molar-refractivity contribution < 1.29 is 9.90 Å². The van der Waals surface area contributed by atoms with Crippen LogP contribution in [0.4, 0.5) is 5.69 Å². The zero-order valence-electron chi connectivity index (χ0n) is 11.0. The first-order valence-corrected chi connectivity index (χ1v) is 7.23. The van der Waals surface area contributed by atoms with E-state index < -0.39 is 5.60 Å². The van der Waals surface area contributed by atoms with Crippen LogP contribution in [0, 0.1) is 0 Å². The molecule has 1 saturated carbocycles. The lowest BCUT2D eigenvalue weighted by Gasteiger charge is -2.28. The van der Waals surface area contributed by atoms with E-state index in [0.717, 1.165) is 30.2 Å². The number of anilines is 1. The minimum atomic E-state index is -0.717. The second kappa shape index (κ2) is 5.51. The van der Waals surface area contributed by atoms with Gasteiger partial charge in [-0.15, -0.1) is 0 Å². The zero-order valence-corrected chi connectivity index (χ0v) is 12.6. The Morgan fingerprint density at radius 2 is 2.11 bits per heavy atom. The van der Waals surface area contributed by atoms with E-state index in [1.165, 1.54) is 0 Å². The third kappa shape index (κ3) is 3.28. The molecule has 0 heterocycles. The highest BCUT2D eigenvalue weighted by Gasteiger charge is 2.33. The number of carbonyl (C=O) groups is 1.